The highest BCUT2D eigenvalue weighted by molar-refractivity contribution is 7.89. The average molecular weight is 401 g/mol. The number of halogens is 4. The molecule has 0 heterocycles. The van der Waals surface area contributed by atoms with Crippen LogP contribution in [0.25, 0.3) is 0 Å². The van der Waals surface area contributed by atoms with Gasteiger partial charge in [-0.05, 0) is 38.0 Å². The van der Waals surface area contributed by atoms with Crippen LogP contribution in [0.2, 0.25) is 5.02 Å². The largest absolute Gasteiger partial charge is 0.426 e. The molecular formula is C14H16ClF3N2O4S. The van der Waals surface area contributed by atoms with Crippen LogP contribution < -0.4 is 10.0 Å². The third kappa shape index (κ3) is 4.25. The van der Waals surface area contributed by atoms with E-state index in [0.717, 1.165) is 37.5 Å². The van der Waals surface area contributed by atoms with Gasteiger partial charge in [0, 0.05) is 6.04 Å². The van der Waals surface area contributed by atoms with Crippen molar-refractivity contribution >= 4 is 33.2 Å². The van der Waals surface area contributed by atoms with Crippen LogP contribution in [0.15, 0.2) is 23.1 Å². The molecule has 1 aromatic carbocycles. The molecule has 1 aliphatic rings. The molecular weight excluding hydrogens is 385 g/mol. The summed E-state index contributed by atoms with van der Waals surface area (Å²) in [4.78, 5) is 11.5. The molecule has 1 aliphatic carbocycles. The Balaban J connectivity index is 2.18. The zero-order valence-corrected chi connectivity index (χ0v) is 14.6. The minimum Gasteiger partial charge on any atom is -0.373 e. The summed E-state index contributed by atoms with van der Waals surface area (Å²) in [6.07, 6.45) is -2.79. The van der Waals surface area contributed by atoms with Gasteiger partial charge in [-0.2, -0.15) is 13.2 Å². The molecule has 0 aliphatic heterocycles. The molecule has 0 aromatic heterocycles. The van der Waals surface area contributed by atoms with Gasteiger partial charge in [0.2, 0.25) is 15.6 Å². The van der Waals surface area contributed by atoms with Crippen molar-refractivity contribution in [2.75, 3.05) is 5.32 Å². The molecule has 6 nitrogen and oxygen atoms in total. The lowest BCUT2D eigenvalue weighted by Gasteiger charge is -2.26. The first kappa shape index (κ1) is 20.0. The summed E-state index contributed by atoms with van der Waals surface area (Å²) in [5, 5.41) is 10.9. The Hall–Kier alpha value is -1.36. The highest BCUT2D eigenvalue weighted by atomic mass is 35.5. The number of anilines is 1. The monoisotopic (exact) mass is 400 g/mol. The van der Waals surface area contributed by atoms with Gasteiger partial charge in [-0.3, -0.25) is 4.79 Å². The molecule has 2 rings (SSSR count). The van der Waals surface area contributed by atoms with Gasteiger partial charge in [0.15, 0.2) is 0 Å². The number of carbonyl (C=O) groups excluding carboxylic acids is 1. The minimum atomic E-state index is -5.18. The third-order valence-corrected chi connectivity index (χ3v) is 5.75. The lowest BCUT2D eigenvalue weighted by atomic mass is 9.94. The fourth-order valence-electron chi connectivity index (χ4n) is 1.95. The van der Waals surface area contributed by atoms with Gasteiger partial charge in [0.25, 0.3) is 5.91 Å². The summed E-state index contributed by atoms with van der Waals surface area (Å²) >= 11 is 5.86. The molecule has 1 fully saturated rings. The number of alkyl halides is 3. The number of aliphatic hydroxyl groups is 1. The van der Waals surface area contributed by atoms with Crippen LogP contribution in [0, 0.1) is 0 Å². The van der Waals surface area contributed by atoms with Crippen LogP contribution >= 0.6 is 11.6 Å². The number of carbonyl (C=O) groups is 1. The van der Waals surface area contributed by atoms with Crippen LogP contribution in [-0.2, 0) is 14.8 Å². The SMILES string of the molecule is CC(O)(C(=O)Nc1ccc(S(=O)(=O)NC2CCC2)cc1Cl)C(F)(F)F. The van der Waals surface area contributed by atoms with E-state index in [1.165, 1.54) is 0 Å². The molecule has 1 aromatic rings. The van der Waals surface area contributed by atoms with E-state index in [1.807, 2.05) is 5.32 Å². The maximum atomic E-state index is 12.6. The highest BCUT2D eigenvalue weighted by Gasteiger charge is 2.55. The second-order valence-electron chi connectivity index (χ2n) is 5.91. The molecule has 3 N–H and O–H groups in total. The molecule has 1 unspecified atom stereocenters. The second kappa shape index (κ2) is 6.75. The molecule has 1 amide bonds. The van der Waals surface area contributed by atoms with E-state index in [4.69, 9.17) is 11.6 Å². The Morgan fingerprint density at radius 2 is 1.92 bits per heavy atom. The van der Waals surface area contributed by atoms with E-state index < -0.39 is 27.7 Å². The van der Waals surface area contributed by atoms with Crippen LogP contribution in [0.3, 0.4) is 0 Å². The maximum Gasteiger partial charge on any atom is 0.426 e. The van der Waals surface area contributed by atoms with E-state index in [9.17, 15) is 31.5 Å². The van der Waals surface area contributed by atoms with Crippen LogP contribution in [0.4, 0.5) is 18.9 Å². The van der Waals surface area contributed by atoms with E-state index in [1.54, 1.807) is 0 Å². The molecule has 1 saturated carbocycles. The summed E-state index contributed by atoms with van der Waals surface area (Å²) < 4.78 is 64.7. The van der Waals surface area contributed by atoms with E-state index in [2.05, 4.69) is 4.72 Å². The Bertz CT molecular complexity index is 777. The van der Waals surface area contributed by atoms with Crippen molar-refractivity contribution in [3.05, 3.63) is 23.2 Å². The van der Waals surface area contributed by atoms with Gasteiger partial charge in [-0.25, -0.2) is 13.1 Å². The van der Waals surface area contributed by atoms with Crippen molar-refractivity contribution in [1.82, 2.24) is 4.72 Å². The van der Waals surface area contributed by atoms with Crippen molar-refractivity contribution in [1.29, 1.82) is 0 Å². The standard InChI is InChI=1S/C14H16ClF3N2O4S/c1-13(22,14(16,17)18)12(21)19-11-6-5-9(7-10(11)15)25(23,24)20-8-3-2-4-8/h5-8,20,22H,2-4H2,1H3,(H,19,21). The normalized spacial score (nSPS) is 18.3. The number of hydrogen-bond donors (Lipinski definition) is 3. The molecule has 0 saturated heterocycles. The number of nitrogens with one attached hydrogen (secondary N) is 2. The van der Waals surface area contributed by atoms with Crippen LogP contribution in [0.5, 0.6) is 0 Å². The summed E-state index contributed by atoms with van der Waals surface area (Å²) in [5.74, 6) is -1.73. The van der Waals surface area contributed by atoms with Gasteiger partial charge >= 0.3 is 6.18 Å². The number of rotatable bonds is 5. The molecule has 0 radical (unpaired) electrons. The summed E-state index contributed by atoms with van der Waals surface area (Å²) in [5.41, 5.74) is -3.87. The van der Waals surface area contributed by atoms with Crippen molar-refractivity contribution in [2.24, 2.45) is 0 Å². The Labute approximate surface area is 147 Å². The van der Waals surface area contributed by atoms with E-state index >= 15 is 0 Å². The number of benzene rings is 1. The second-order valence-corrected chi connectivity index (χ2v) is 8.04. The fraction of sp³-hybridized carbons (Fsp3) is 0.500. The molecule has 140 valence electrons. The predicted molar refractivity (Wildman–Crippen MR) is 84.7 cm³/mol. The topological polar surface area (TPSA) is 95.5 Å². The van der Waals surface area contributed by atoms with Crippen LogP contribution in [-0.4, -0.2) is 37.3 Å². The molecule has 0 spiro atoms. The minimum absolute atomic E-state index is 0.148. The lowest BCUT2D eigenvalue weighted by Crippen LogP contribution is -2.52. The van der Waals surface area contributed by atoms with Crippen LogP contribution in [0.1, 0.15) is 26.2 Å². The predicted octanol–water partition coefficient (Wildman–Crippen LogP) is 2.42. The van der Waals surface area contributed by atoms with Crippen molar-refractivity contribution in [3.63, 3.8) is 0 Å². The van der Waals surface area contributed by atoms with Gasteiger partial charge in [-0.15, -0.1) is 0 Å². The quantitative estimate of drug-likeness (QED) is 0.707. The number of amides is 1. The summed E-state index contributed by atoms with van der Waals surface area (Å²) in [6, 6.07) is 3.03. The van der Waals surface area contributed by atoms with Gasteiger partial charge in [0.1, 0.15) is 0 Å². The smallest absolute Gasteiger partial charge is 0.373 e. The van der Waals surface area contributed by atoms with Gasteiger partial charge < -0.3 is 10.4 Å². The van der Waals surface area contributed by atoms with E-state index in [0.29, 0.717) is 6.92 Å². The van der Waals surface area contributed by atoms with Gasteiger partial charge in [0.05, 0.1) is 15.6 Å². The maximum absolute atomic E-state index is 12.6. The highest BCUT2D eigenvalue weighted by Crippen LogP contribution is 2.33. The Kier molecular flexibility index (Phi) is 5.39. The first-order valence-corrected chi connectivity index (χ1v) is 9.13. The summed E-state index contributed by atoms with van der Waals surface area (Å²) in [7, 11) is -3.82. The van der Waals surface area contributed by atoms with Crippen molar-refractivity contribution in [2.45, 2.75) is 48.9 Å². The third-order valence-electron chi connectivity index (χ3n) is 3.92. The molecule has 1 atom stereocenters. The first-order valence-electron chi connectivity index (χ1n) is 7.27. The van der Waals surface area contributed by atoms with Crippen molar-refractivity contribution in [3.8, 4) is 0 Å². The first-order chi connectivity index (χ1) is 11.3. The zero-order chi connectivity index (χ0) is 19.0. The molecule has 0 bridgehead atoms. The molecule has 25 heavy (non-hydrogen) atoms. The molecule has 11 heteroatoms. The number of hydrogen-bond acceptors (Lipinski definition) is 4. The Morgan fingerprint density at radius 1 is 1.32 bits per heavy atom. The zero-order valence-electron chi connectivity index (χ0n) is 13.0. The summed E-state index contributed by atoms with van der Waals surface area (Å²) in [6.45, 7) is 0.303. The van der Waals surface area contributed by atoms with Gasteiger partial charge in [-0.1, -0.05) is 18.0 Å². The lowest BCUT2D eigenvalue weighted by molar-refractivity contribution is -0.242. The number of sulfonamides is 1. The van der Waals surface area contributed by atoms with E-state index in [-0.39, 0.29) is 21.6 Å². The fourth-order valence-corrected chi connectivity index (χ4v) is 3.57. The van der Waals surface area contributed by atoms with Crippen molar-refractivity contribution < 1.29 is 31.5 Å². The average Bonchev–Trinajstić information content (AvgIpc) is 2.43. The Morgan fingerprint density at radius 3 is 2.36 bits per heavy atom.